The molecule has 118 valence electrons. The topological polar surface area (TPSA) is 64.2 Å². The van der Waals surface area contributed by atoms with Gasteiger partial charge < -0.3 is 14.0 Å². The quantitative estimate of drug-likeness (QED) is 0.745. The fraction of sp³-hybridized carbons (Fsp3) is 0.353. The number of likely N-dealkylation sites (tertiary alicyclic amines) is 1. The van der Waals surface area contributed by atoms with Crippen molar-refractivity contribution < 1.29 is 9.32 Å². The van der Waals surface area contributed by atoms with Gasteiger partial charge in [0.25, 0.3) is 0 Å². The number of rotatable bonds is 3. The first-order valence-corrected chi connectivity index (χ1v) is 7.90. The summed E-state index contributed by atoms with van der Waals surface area (Å²) in [5.41, 5.74) is 1.44. The summed E-state index contributed by atoms with van der Waals surface area (Å²) >= 11 is 0. The van der Waals surface area contributed by atoms with Crippen LogP contribution >= 0.6 is 0 Å². The lowest BCUT2D eigenvalue weighted by Crippen LogP contribution is -2.41. The molecule has 2 aromatic heterocycles. The van der Waals surface area contributed by atoms with Crippen LogP contribution in [0.3, 0.4) is 0 Å². The summed E-state index contributed by atoms with van der Waals surface area (Å²) < 4.78 is 7.37. The van der Waals surface area contributed by atoms with Crippen molar-refractivity contribution in [3.8, 4) is 0 Å². The molecule has 1 atom stereocenters. The third kappa shape index (κ3) is 2.72. The van der Waals surface area contributed by atoms with Crippen LogP contribution < -0.4 is 0 Å². The average molecular weight is 310 g/mol. The van der Waals surface area contributed by atoms with Gasteiger partial charge in [-0.05, 0) is 25.0 Å². The maximum atomic E-state index is 12.6. The number of amides is 1. The second-order valence-corrected chi connectivity index (χ2v) is 5.95. The minimum atomic E-state index is 0.105. The smallest absolute Gasteiger partial charge is 0.228 e. The number of hydrogen-bond acceptors (Lipinski definition) is 4. The van der Waals surface area contributed by atoms with E-state index in [1.807, 2.05) is 41.7 Å². The third-order valence-electron chi connectivity index (χ3n) is 4.47. The summed E-state index contributed by atoms with van der Waals surface area (Å²) in [6.45, 7) is 1.53. The number of piperidine rings is 1. The molecule has 1 saturated heterocycles. The zero-order valence-corrected chi connectivity index (χ0v) is 12.8. The molecule has 0 aliphatic carbocycles. The minimum Gasteiger partial charge on any atom is -0.356 e. The van der Waals surface area contributed by atoms with Gasteiger partial charge in [-0.1, -0.05) is 17.3 Å². The Morgan fingerprint density at radius 3 is 3.13 bits per heavy atom. The predicted octanol–water partition coefficient (Wildman–Crippen LogP) is 2.43. The largest absolute Gasteiger partial charge is 0.356 e. The molecular formula is C17H18N4O2. The molecule has 0 radical (unpaired) electrons. The van der Waals surface area contributed by atoms with Gasteiger partial charge in [-0.15, -0.1) is 0 Å². The third-order valence-corrected chi connectivity index (χ3v) is 4.47. The summed E-state index contributed by atoms with van der Waals surface area (Å²) in [5.74, 6) is 0.105. The van der Waals surface area contributed by atoms with E-state index in [1.165, 1.54) is 0 Å². The van der Waals surface area contributed by atoms with Crippen LogP contribution in [0.4, 0.5) is 0 Å². The Kier molecular flexibility index (Phi) is 3.57. The van der Waals surface area contributed by atoms with Gasteiger partial charge in [-0.3, -0.25) is 4.79 Å². The molecule has 0 spiro atoms. The van der Waals surface area contributed by atoms with E-state index in [2.05, 4.69) is 14.7 Å². The van der Waals surface area contributed by atoms with Crippen LogP contribution in [-0.2, 0) is 11.2 Å². The highest BCUT2D eigenvalue weighted by molar-refractivity contribution is 5.86. The standard InChI is InChI=1S/C17H18N4O2/c22-17(10-15-14-5-1-2-6-16(14)23-19-15)20-8-3-4-13(11-20)21-9-7-18-12-21/h1-2,5-7,9,12-13H,3-4,8,10-11H2/t13-/m0/s1. The van der Waals surface area contributed by atoms with Gasteiger partial charge in [0.15, 0.2) is 5.58 Å². The molecule has 6 heteroatoms. The van der Waals surface area contributed by atoms with E-state index in [-0.39, 0.29) is 12.3 Å². The molecule has 1 fully saturated rings. The summed E-state index contributed by atoms with van der Waals surface area (Å²) in [5, 5.41) is 4.98. The van der Waals surface area contributed by atoms with Crippen LogP contribution in [0.25, 0.3) is 11.0 Å². The van der Waals surface area contributed by atoms with Crippen molar-refractivity contribution in [1.29, 1.82) is 0 Å². The Labute approximate surface area is 133 Å². The Balaban J connectivity index is 1.48. The summed E-state index contributed by atoms with van der Waals surface area (Å²) in [6.07, 6.45) is 7.94. The number of benzene rings is 1. The van der Waals surface area contributed by atoms with Crippen molar-refractivity contribution >= 4 is 16.9 Å². The minimum absolute atomic E-state index is 0.105. The lowest BCUT2D eigenvalue weighted by atomic mass is 10.0. The number of carbonyl (C=O) groups excluding carboxylic acids is 1. The van der Waals surface area contributed by atoms with Gasteiger partial charge >= 0.3 is 0 Å². The molecule has 3 aromatic rings. The van der Waals surface area contributed by atoms with Crippen LogP contribution in [0.15, 0.2) is 47.5 Å². The van der Waals surface area contributed by atoms with Crippen molar-refractivity contribution in [3.05, 3.63) is 48.7 Å². The van der Waals surface area contributed by atoms with Crippen LogP contribution in [0.1, 0.15) is 24.6 Å². The first-order valence-electron chi connectivity index (χ1n) is 7.90. The number of hydrogen-bond donors (Lipinski definition) is 0. The van der Waals surface area contributed by atoms with Gasteiger partial charge in [-0.25, -0.2) is 4.98 Å². The highest BCUT2D eigenvalue weighted by atomic mass is 16.5. The molecule has 6 nitrogen and oxygen atoms in total. The normalized spacial score (nSPS) is 18.4. The number of carbonyl (C=O) groups is 1. The Morgan fingerprint density at radius 1 is 1.35 bits per heavy atom. The van der Waals surface area contributed by atoms with Gasteiger partial charge in [0.05, 0.1) is 18.8 Å². The van der Waals surface area contributed by atoms with Crippen LogP contribution in [0, 0.1) is 0 Å². The first-order chi connectivity index (χ1) is 11.3. The fourth-order valence-electron chi connectivity index (χ4n) is 3.23. The van der Waals surface area contributed by atoms with Crippen molar-refractivity contribution in [2.24, 2.45) is 0 Å². The molecule has 3 heterocycles. The van der Waals surface area contributed by atoms with Gasteiger partial charge in [0.2, 0.25) is 5.91 Å². The highest BCUT2D eigenvalue weighted by Gasteiger charge is 2.25. The molecule has 0 saturated carbocycles. The van der Waals surface area contributed by atoms with Crippen molar-refractivity contribution in [2.75, 3.05) is 13.1 Å². The van der Waals surface area contributed by atoms with Gasteiger partial charge in [0, 0.05) is 30.9 Å². The average Bonchev–Trinajstić information content (AvgIpc) is 3.25. The van der Waals surface area contributed by atoms with Crippen molar-refractivity contribution in [3.63, 3.8) is 0 Å². The van der Waals surface area contributed by atoms with E-state index in [4.69, 9.17) is 4.52 Å². The van der Waals surface area contributed by atoms with E-state index >= 15 is 0 Å². The number of imidazole rings is 1. The lowest BCUT2D eigenvalue weighted by Gasteiger charge is -2.33. The first kappa shape index (κ1) is 14.0. The van der Waals surface area contributed by atoms with Crippen LogP contribution in [-0.4, -0.2) is 38.6 Å². The molecule has 1 aliphatic heterocycles. The fourth-order valence-corrected chi connectivity index (χ4v) is 3.23. The van der Waals surface area contributed by atoms with E-state index < -0.39 is 0 Å². The molecule has 1 aliphatic rings. The predicted molar refractivity (Wildman–Crippen MR) is 84.8 cm³/mol. The van der Waals surface area contributed by atoms with E-state index in [1.54, 1.807) is 6.20 Å². The highest BCUT2D eigenvalue weighted by Crippen LogP contribution is 2.23. The monoisotopic (exact) mass is 310 g/mol. The Morgan fingerprint density at radius 2 is 2.26 bits per heavy atom. The Bertz CT molecular complexity index is 809. The molecule has 1 amide bonds. The maximum absolute atomic E-state index is 12.6. The van der Waals surface area contributed by atoms with Crippen LogP contribution in [0.2, 0.25) is 0 Å². The second-order valence-electron chi connectivity index (χ2n) is 5.95. The maximum Gasteiger partial charge on any atom is 0.228 e. The van der Waals surface area contributed by atoms with Crippen LogP contribution in [0.5, 0.6) is 0 Å². The lowest BCUT2D eigenvalue weighted by molar-refractivity contribution is -0.132. The number of nitrogens with zero attached hydrogens (tertiary/aromatic N) is 4. The number of fused-ring (bicyclic) bond motifs is 1. The van der Waals surface area contributed by atoms with Crippen molar-refractivity contribution in [1.82, 2.24) is 19.6 Å². The molecule has 0 unspecified atom stereocenters. The van der Waals surface area contributed by atoms with Gasteiger partial charge in [-0.2, -0.15) is 0 Å². The zero-order valence-electron chi connectivity index (χ0n) is 12.8. The Hall–Kier alpha value is -2.63. The molecular weight excluding hydrogens is 292 g/mol. The second kappa shape index (κ2) is 5.87. The zero-order chi connectivity index (χ0) is 15.6. The van der Waals surface area contributed by atoms with Gasteiger partial charge in [0.1, 0.15) is 5.69 Å². The van der Waals surface area contributed by atoms with E-state index in [0.29, 0.717) is 6.04 Å². The molecule has 4 rings (SSSR count). The van der Waals surface area contributed by atoms with E-state index in [9.17, 15) is 4.79 Å². The summed E-state index contributed by atoms with van der Waals surface area (Å²) in [7, 11) is 0. The molecule has 1 aromatic carbocycles. The number of aromatic nitrogens is 3. The van der Waals surface area contributed by atoms with Crippen molar-refractivity contribution in [2.45, 2.75) is 25.3 Å². The SMILES string of the molecule is O=C(Cc1noc2ccccc12)N1CCC[C@H](n2ccnc2)C1. The van der Waals surface area contributed by atoms with E-state index in [0.717, 1.165) is 42.6 Å². The molecule has 0 N–H and O–H groups in total. The molecule has 0 bridgehead atoms. The molecule has 23 heavy (non-hydrogen) atoms. The summed E-state index contributed by atoms with van der Waals surface area (Å²) in [6, 6.07) is 7.96. The summed E-state index contributed by atoms with van der Waals surface area (Å²) in [4.78, 5) is 18.7. The number of para-hydroxylation sites is 1.